The summed E-state index contributed by atoms with van der Waals surface area (Å²) >= 11 is 6.06. The molecule has 1 saturated heterocycles. The summed E-state index contributed by atoms with van der Waals surface area (Å²) in [7, 11) is 5.56. The van der Waals surface area contributed by atoms with Crippen LogP contribution in [0.4, 0.5) is 5.69 Å². The molecule has 2 rings (SSSR count). The molecule has 7 heteroatoms. The van der Waals surface area contributed by atoms with Gasteiger partial charge in [0.1, 0.15) is 5.75 Å². The van der Waals surface area contributed by atoms with E-state index in [2.05, 4.69) is 24.1 Å². The molecular weight excluding hydrogens is 354 g/mol. The Morgan fingerprint density at radius 2 is 2.12 bits per heavy atom. The predicted molar refractivity (Wildman–Crippen MR) is 104 cm³/mol. The highest BCUT2D eigenvalue weighted by atomic mass is 35.5. The molecule has 0 radical (unpaired) electrons. The number of nitrogens with zero attached hydrogens (tertiary/aromatic N) is 2. The number of rotatable bonds is 7. The summed E-state index contributed by atoms with van der Waals surface area (Å²) in [6, 6.07) is 5.13. The standard InChI is InChI=1S/C19H28ClN3O3/c1-19(2,12-22(3)4)11-21-18(25)13-8-17(24)23(10-13)15-9-14(20)6-7-16(15)26-5/h6-7,9,13H,8,10-12H2,1-5H3,(H,21,25). The third kappa shape index (κ3) is 5.11. The van der Waals surface area contributed by atoms with Crippen molar-refractivity contribution < 1.29 is 14.3 Å². The zero-order valence-electron chi connectivity index (χ0n) is 16.1. The fraction of sp³-hybridized carbons (Fsp3) is 0.579. The minimum atomic E-state index is -0.374. The van der Waals surface area contributed by atoms with Gasteiger partial charge in [0.05, 0.1) is 18.7 Å². The number of methoxy groups -OCH3 is 1. The van der Waals surface area contributed by atoms with Crippen LogP contribution in [0.2, 0.25) is 5.02 Å². The minimum absolute atomic E-state index is 0.0440. The molecule has 1 atom stereocenters. The number of carbonyl (C=O) groups excluding carboxylic acids is 2. The summed E-state index contributed by atoms with van der Waals surface area (Å²) in [4.78, 5) is 28.7. The quantitative estimate of drug-likeness (QED) is 0.787. The van der Waals surface area contributed by atoms with E-state index in [4.69, 9.17) is 16.3 Å². The molecule has 2 amide bonds. The fourth-order valence-corrected chi connectivity index (χ4v) is 3.54. The van der Waals surface area contributed by atoms with Crippen LogP contribution >= 0.6 is 11.6 Å². The molecule has 1 heterocycles. The molecule has 6 nitrogen and oxygen atoms in total. The lowest BCUT2D eigenvalue weighted by atomic mass is 9.92. The van der Waals surface area contributed by atoms with Crippen LogP contribution in [-0.4, -0.2) is 57.6 Å². The molecule has 1 aromatic carbocycles. The molecule has 1 N–H and O–H groups in total. The Balaban J connectivity index is 2.03. The molecule has 144 valence electrons. The van der Waals surface area contributed by atoms with Crippen molar-refractivity contribution in [2.24, 2.45) is 11.3 Å². The van der Waals surface area contributed by atoms with Gasteiger partial charge in [-0.2, -0.15) is 0 Å². The summed E-state index contributed by atoms with van der Waals surface area (Å²) in [5.41, 5.74) is 0.561. The molecule has 1 aliphatic rings. The van der Waals surface area contributed by atoms with E-state index in [0.717, 1.165) is 6.54 Å². The molecule has 0 aliphatic carbocycles. The van der Waals surface area contributed by atoms with Gasteiger partial charge in [-0.15, -0.1) is 0 Å². The lowest BCUT2D eigenvalue weighted by Crippen LogP contribution is -2.42. The van der Waals surface area contributed by atoms with Crippen molar-refractivity contribution in [1.82, 2.24) is 10.2 Å². The zero-order valence-corrected chi connectivity index (χ0v) is 16.9. The van der Waals surface area contributed by atoms with Crippen molar-refractivity contribution in [2.75, 3.05) is 45.7 Å². The van der Waals surface area contributed by atoms with Crippen molar-refractivity contribution in [3.8, 4) is 5.75 Å². The summed E-state index contributed by atoms with van der Waals surface area (Å²) in [5, 5.41) is 3.52. The average Bonchev–Trinajstić information content (AvgIpc) is 2.93. The molecule has 1 fully saturated rings. The fourth-order valence-electron chi connectivity index (χ4n) is 3.37. The van der Waals surface area contributed by atoms with Gasteiger partial charge in [-0.25, -0.2) is 0 Å². The first-order chi connectivity index (χ1) is 12.1. The Morgan fingerprint density at radius 1 is 1.42 bits per heavy atom. The van der Waals surface area contributed by atoms with Crippen molar-refractivity contribution in [3.05, 3.63) is 23.2 Å². The molecule has 0 spiro atoms. The second-order valence-electron chi connectivity index (χ2n) is 7.84. The molecule has 0 saturated carbocycles. The van der Waals surface area contributed by atoms with Gasteiger partial charge in [-0.05, 0) is 37.7 Å². The van der Waals surface area contributed by atoms with Gasteiger partial charge in [0.2, 0.25) is 11.8 Å². The third-order valence-electron chi connectivity index (χ3n) is 4.41. The van der Waals surface area contributed by atoms with E-state index >= 15 is 0 Å². The van der Waals surface area contributed by atoms with Gasteiger partial charge >= 0.3 is 0 Å². The zero-order chi connectivity index (χ0) is 19.5. The van der Waals surface area contributed by atoms with Crippen LogP contribution in [-0.2, 0) is 9.59 Å². The maximum absolute atomic E-state index is 12.6. The van der Waals surface area contributed by atoms with Crippen LogP contribution in [0, 0.1) is 11.3 Å². The topological polar surface area (TPSA) is 61.9 Å². The summed E-state index contributed by atoms with van der Waals surface area (Å²) in [6.07, 6.45) is 0.190. The first kappa shape index (κ1) is 20.5. The Hall–Kier alpha value is -1.79. The van der Waals surface area contributed by atoms with Gasteiger partial charge in [-0.3, -0.25) is 9.59 Å². The van der Waals surface area contributed by atoms with E-state index in [0.29, 0.717) is 29.5 Å². The second-order valence-corrected chi connectivity index (χ2v) is 8.28. The second kappa shape index (κ2) is 8.27. The number of hydrogen-bond acceptors (Lipinski definition) is 4. The van der Waals surface area contributed by atoms with Crippen molar-refractivity contribution in [2.45, 2.75) is 20.3 Å². The highest BCUT2D eigenvalue weighted by Crippen LogP contribution is 2.35. The van der Waals surface area contributed by atoms with E-state index in [1.165, 1.54) is 0 Å². The van der Waals surface area contributed by atoms with Gasteiger partial charge in [-0.1, -0.05) is 25.4 Å². The number of amides is 2. The number of ether oxygens (including phenoxy) is 1. The summed E-state index contributed by atoms with van der Waals surface area (Å²) < 4.78 is 5.33. The molecule has 1 unspecified atom stereocenters. The summed E-state index contributed by atoms with van der Waals surface area (Å²) in [6.45, 7) is 5.97. The maximum Gasteiger partial charge on any atom is 0.227 e. The van der Waals surface area contributed by atoms with Gasteiger partial charge in [0.25, 0.3) is 0 Å². The van der Waals surface area contributed by atoms with Crippen molar-refractivity contribution >= 4 is 29.1 Å². The Morgan fingerprint density at radius 3 is 2.73 bits per heavy atom. The lowest BCUT2D eigenvalue weighted by Gasteiger charge is -2.29. The molecule has 26 heavy (non-hydrogen) atoms. The third-order valence-corrected chi connectivity index (χ3v) is 4.65. The van der Waals surface area contributed by atoms with E-state index in [1.54, 1.807) is 30.2 Å². The van der Waals surface area contributed by atoms with Crippen LogP contribution < -0.4 is 15.0 Å². The Kier molecular flexibility index (Phi) is 6.53. The SMILES string of the molecule is COc1ccc(Cl)cc1N1CC(C(=O)NCC(C)(C)CN(C)C)CC1=O. The number of nitrogens with one attached hydrogen (secondary N) is 1. The number of halogens is 1. The lowest BCUT2D eigenvalue weighted by molar-refractivity contribution is -0.126. The van der Waals surface area contributed by atoms with Crippen LogP contribution in [0.25, 0.3) is 0 Å². The average molecular weight is 382 g/mol. The van der Waals surface area contributed by atoms with Gasteiger partial charge in [0.15, 0.2) is 0 Å². The first-order valence-electron chi connectivity index (χ1n) is 8.69. The highest BCUT2D eigenvalue weighted by molar-refractivity contribution is 6.31. The van der Waals surface area contributed by atoms with E-state index in [1.807, 2.05) is 14.1 Å². The number of hydrogen-bond donors (Lipinski definition) is 1. The molecular formula is C19H28ClN3O3. The summed E-state index contributed by atoms with van der Waals surface area (Å²) in [5.74, 6) is 0.00390. The van der Waals surface area contributed by atoms with Crippen LogP contribution in [0.1, 0.15) is 20.3 Å². The Labute approximate surface area is 160 Å². The van der Waals surface area contributed by atoms with Crippen molar-refractivity contribution in [1.29, 1.82) is 0 Å². The Bertz CT molecular complexity index is 676. The monoisotopic (exact) mass is 381 g/mol. The normalized spacial score (nSPS) is 17.7. The van der Waals surface area contributed by atoms with Gasteiger partial charge < -0.3 is 19.9 Å². The molecule has 0 bridgehead atoms. The van der Waals surface area contributed by atoms with Crippen LogP contribution in [0.5, 0.6) is 5.75 Å². The van der Waals surface area contributed by atoms with Crippen LogP contribution in [0.3, 0.4) is 0 Å². The van der Waals surface area contributed by atoms with E-state index in [-0.39, 0.29) is 29.6 Å². The molecule has 1 aliphatic heterocycles. The highest BCUT2D eigenvalue weighted by Gasteiger charge is 2.36. The largest absolute Gasteiger partial charge is 0.495 e. The maximum atomic E-state index is 12.6. The van der Waals surface area contributed by atoms with E-state index < -0.39 is 0 Å². The van der Waals surface area contributed by atoms with Crippen LogP contribution in [0.15, 0.2) is 18.2 Å². The minimum Gasteiger partial charge on any atom is -0.495 e. The smallest absolute Gasteiger partial charge is 0.227 e. The predicted octanol–water partition coefficient (Wildman–Crippen LogP) is 2.41. The number of benzene rings is 1. The van der Waals surface area contributed by atoms with Crippen molar-refractivity contribution in [3.63, 3.8) is 0 Å². The number of carbonyl (C=O) groups is 2. The molecule has 0 aromatic heterocycles. The van der Waals surface area contributed by atoms with Gasteiger partial charge in [0, 0.05) is 31.1 Å². The number of anilines is 1. The van der Waals surface area contributed by atoms with E-state index in [9.17, 15) is 9.59 Å². The first-order valence-corrected chi connectivity index (χ1v) is 9.07. The molecule has 1 aromatic rings.